The number of phenols is 1. The zero-order valence-electron chi connectivity index (χ0n) is 14.1. The van der Waals surface area contributed by atoms with Crippen LogP contribution in [0.1, 0.15) is 12.0 Å². The van der Waals surface area contributed by atoms with Gasteiger partial charge in [0.1, 0.15) is 5.75 Å². The van der Waals surface area contributed by atoms with E-state index in [-0.39, 0.29) is 30.2 Å². The number of hydrogen-bond acceptors (Lipinski definition) is 5. The highest BCUT2D eigenvalue weighted by atomic mass is 16.5. The molecule has 2 fully saturated rings. The second-order valence-corrected chi connectivity index (χ2v) is 6.86. The fourth-order valence-electron chi connectivity index (χ4n) is 3.67. The maximum absolute atomic E-state index is 12.8. The molecule has 2 aliphatic heterocycles. The summed E-state index contributed by atoms with van der Waals surface area (Å²) in [5.41, 5.74) is 0.926. The van der Waals surface area contributed by atoms with E-state index >= 15 is 0 Å². The Balaban J connectivity index is 1.64. The number of ether oxygens (including phenoxy) is 1. The van der Waals surface area contributed by atoms with E-state index < -0.39 is 5.97 Å². The summed E-state index contributed by atoms with van der Waals surface area (Å²) in [6, 6.07) is 6.84. The lowest BCUT2D eigenvalue weighted by molar-refractivity contribution is -0.138. The van der Waals surface area contributed by atoms with Crippen molar-refractivity contribution >= 4 is 11.9 Å². The lowest BCUT2D eigenvalue weighted by Gasteiger charge is -2.30. The number of rotatable bonds is 5. The summed E-state index contributed by atoms with van der Waals surface area (Å²) in [7, 11) is 0. The molecule has 0 radical (unpaired) electrons. The standard InChI is InChI=1S/C18H24N2O5/c21-16-3-1-2-13(6-16)4-5-17(22)20-8-14-7-19(10-18(23)24)9-15(20)12-25-11-14/h1-3,6,14-15,21H,4-5,7-12H2,(H,23,24)/t14-,15-/m0/s1. The van der Waals surface area contributed by atoms with E-state index in [1.807, 2.05) is 15.9 Å². The first-order valence-corrected chi connectivity index (χ1v) is 8.60. The summed E-state index contributed by atoms with van der Waals surface area (Å²) in [6.07, 6.45) is 0.937. The van der Waals surface area contributed by atoms with Crippen molar-refractivity contribution in [2.75, 3.05) is 39.4 Å². The minimum Gasteiger partial charge on any atom is -0.508 e. The molecule has 2 heterocycles. The van der Waals surface area contributed by atoms with Gasteiger partial charge in [0.2, 0.25) is 5.91 Å². The van der Waals surface area contributed by atoms with Crippen molar-refractivity contribution < 1.29 is 24.5 Å². The summed E-state index contributed by atoms with van der Waals surface area (Å²) in [5, 5.41) is 18.6. The van der Waals surface area contributed by atoms with Gasteiger partial charge in [-0.2, -0.15) is 0 Å². The minimum atomic E-state index is -0.845. The molecule has 1 aromatic rings. The molecule has 0 aromatic heterocycles. The summed E-state index contributed by atoms with van der Waals surface area (Å²) < 4.78 is 5.67. The average Bonchev–Trinajstić information content (AvgIpc) is 2.83. The van der Waals surface area contributed by atoms with E-state index in [2.05, 4.69) is 0 Å². The summed E-state index contributed by atoms with van der Waals surface area (Å²) in [6.45, 7) is 2.78. The normalized spacial score (nSPS) is 23.9. The molecule has 2 bridgehead atoms. The number of amides is 1. The van der Waals surface area contributed by atoms with E-state index in [4.69, 9.17) is 9.84 Å². The Morgan fingerprint density at radius 1 is 1.20 bits per heavy atom. The van der Waals surface area contributed by atoms with Crippen molar-refractivity contribution in [2.24, 2.45) is 5.92 Å². The number of aromatic hydroxyl groups is 1. The Morgan fingerprint density at radius 2 is 2.04 bits per heavy atom. The monoisotopic (exact) mass is 348 g/mol. The average molecular weight is 348 g/mol. The number of nitrogens with zero attached hydrogens (tertiary/aromatic N) is 2. The largest absolute Gasteiger partial charge is 0.508 e. The third kappa shape index (κ3) is 4.70. The third-order valence-corrected chi connectivity index (χ3v) is 4.76. The number of aliphatic carboxylic acids is 1. The highest BCUT2D eigenvalue weighted by Crippen LogP contribution is 2.21. The van der Waals surface area contributed by atoms with Gasteiger partial charge < -0.3 is 19.8 Å². The zero-order valence-corrected chi connectivity index (χ0v) is 14.1. The van der Waals surface area contributed by atoms with Crippen LogP contribution in [0.4, 0.5) is 0 Å². The van der Waals surface area contributed by atoms with Crippen molar-refractivity contribution in [3.63, 3.8) is 0 Å². The van der Waals surface area contributed by atoms with Gasteiger partial charge in [-0.05, 0) is 24.1 Å². The Bertz CT molecular complexity index is 636. The molecule has 25 heavy (non-hydrogen) atoms. The van der Waals surface area contributed by atoms with E-state index in [1.54, 1.807) is 18.2 Å². The second-order valence-electron chi connectivity index (χ2n) is 6.86. The van der Waals surface area contributed by atoms with Crippen molar-refractivity contribution in [3.05, 3.63) is 29.8 Å². The molecular weight excluding hydrogens is 324 g/mol. The predicted molar refractivity (Wildman–Crippen MR) is 90.3 cm³/mol. The second kappa shape index (κ2) is 7.84. The number of aryl methyl sites for hydroxylation is 1. The van der Waals surface area contributed by atoms with Crippen LogP contribution in [0.5, 0.6) is 5.75 Å². The van der Waals surface area contributed by atoms with Crippen LogP contribution < -0.4 is 0 Å². The number of carboxylic acid groups (broad SMARTS) is 1. The van der Waals surface area contributed by atoms with Gasteiger partial charge in [-0.3, -0.25) is 14.5 Å². The van der Waals surface area contributed by atoms with Gasteiger partial charge in [0.25, 0.3) is 0 Å². The predicted octanol–water partition coefficient (Wildman–Crippen LogP) is 0.569. The fourth-order valence-corrected chi connectivity index (χ4v) is 3.67. The molecule has 2 saturated heterocycles. The third-order valence-electron chi connectivity index (χ3n) is 4.76. The van der Waals surface area contributed by atoms with Crippen LogP contribution >= 0.6 is 0 Å². The molecule has 0 spiro atoms. The topological polar surface area (TPSA) is 90.3 Å². The van der Waals surface area contributed by atoms with Gasteiger partial charge in [0.15, 0.2) is 0 Å². The molecule has 2 aliphatic rings. The molecule has 0 unspecified atom stereocenters. The Morgan fingerprint density at radius 3 is 2.80 bits per heavy atom. The van der Waals surface area contributed by atoms with Crippen LogP contribution in [0, 0.1) is 5.92 Å². The molecule has 2 N–H and O–H groups in total. The van der Waals surface area contributed by atoms with Gasteiger partial charge in [-0.25, -0.2) is 0 Å². The van der Waals surface area contributed by atoms with E-state index in [1.165, 1.54) is 0 Å². The number of fused-ring (bicyclic) bond motifs is 3. The number of carbonyl (C=O) groups is 2. The highest BCUT2D eigenvalue weighted by molar-refractivity contribution is 5.77. The van der Waals surface area contributed by atoms with Crippen LogP contribution in [0.15, 0.2) is 24.3 Å². The van der Waals surface area contributed by atoms with E-state index in [9.17, 15) is 14.7 Å². The molecule has 0 saturated carbocycles. The van der Waals surface area contributed by atoms with Gasteiger partial charge in [0, 0.05) is 32.0 Å². The van der Waals surface area contributed by atoms with E-state index in [0.29, 0.717) is 45.7 Å². The number of benzene rings is 1. The maximum atomic E-state index is 12.8. The minimum absolute atomic E-state index is 0.00166. The van der Waals surface area contributed by atoms with Crippen LogP contribution in [0.3, 0.4) is 0 Å². The highest BCUT2D eigenvalue weighted by Gasteiger charge is 2.35. The Kier molecular flexibility index (Phi) is 5.55. The molecule has 0 aliphatic carbocycles. The summed E-state index contributed by atoms with van der Waals surface area (Å²) in [4.78, 5) is 27.6. The lowest BCUT2D eigenvalue weighted by atomic mass is 10.1. The fraction of sp³-hybridized carbons (Fsp3) is 0.556. The molecule has 136 valence electrons. The van der Waals surface area contributed by atoms with Crippen LogP contribution in [0.25, 0.3) is 0 Å². The van der Waals surface area contributed by atoms with Crippen molar-refractivity contribution in [3.8, 4) is 5.75 Å². The maximum Gasteiger partial charge on any atom is 0.317 e. The van der Waals surface area contributed by atoms with Gasteiger partial charge >= 0.3 is 5.97 Å². The van der Waals surface area contributed by atoms with Crippen molar-refractivity contribution in [1.29, 1.82) is 0 Å². The number of hydrogen-bond donors (Lipinski definition) is 2. The Labute approximate surface area is 146 Å². The first-order valence-electron chi connectivity index (χ1n) is 8.60. The van der Waals surface area contributed by atoms with Crippen LogP contribution in [-0.4, -0.2) is 77.3 Å². The molecule has 1 aromatic carbocycles. The molecule has 7 heteroatoms. The SMILES string of the molecule is O=C(O)CN1C[C@@H]2COC[C@H](C1)N(C(=O)CCc1cccc(O)c1)C2. The van der Waals surface area contributed by atoms with Gasteiger partial charge in [-0.15, -0.1) is 0 Å². The molecule has 7 nitrogen and oxygen atoms in total. The number of phenolic OH excluding ortho intramolecular Hbond substituents is 1. The lowest BCUT2D eigenvalue weighted by Crippen LogP contribution is -2.47. The molecule has 2 atom stereocenters. The Hall–Kier alpha value is -2.12. The first-order chi connectivity index (χ1) is 12.0. The van der Waals surface area contributed by atoms with Crippen LogP contribution in [0.2, 0.25) is 0 Å². The van der Waals surface area contributed by atoms with Crippen LogP contribution in [-0.2, 0) is 20.7 Å². The smallest absolute Gasteiger partial charge is 0.317 e. The van der Waals surface area contributed by atoms with Crippen molar-refractivity contribution in [1.82, 2.24) is 9.80 Å². The number of carbonyl (C=O) groups excluding carboxylic acids is 1. The van der Waals surface area contributed by atoms with Gasteiger partial charge in [-0.1, -0.05) is 12.1 Å². The molecule has 1 amide bonds. The summed E-state index contributed by atoms with van der Waals surface area (Å²) >= 11 is 0. The molecule has 3 rings (SSSR count). The summed E-state index contributed by atoms with van der Waals surface area (Å²) in [5.74, 6) is -0.450. The van der Waals surface area contributed by atoms with Crippen molar-refractivity contribution in [2.45, 2.75) is 18.9 Å². The quantitative estimate of drug-likeness (QED) is 0.808. The van der Waals surface area contributed by atoms with E-state index in [0.717, 1.165) is 5.56 Å². The van der Waals surface area contributed by atoms with Gasteiger partial charge in [0.05, 0.1) is 25.8 Å². The zero-order chi connectivity index (χ0) is 17.8. The molecular formula is C18H24N2O5. The number of carboxylic acids is 1. The first kappa shape index (κ1) is 17.7.